The molecule has 4 heterocycles. The molecule has 0 aliphatic rings. The molecule has 0 saturated heterocycles. The summed E-state index contributed by atoms with van der Waals surface area (Å²) >= 11 is 0. The van der Waals surface area contributed by atoms with Gasteiger partial charge in [-0.1, -0.05) is 139 Å². The van der Waals surface area contributed by atoms with Gasteiger partial charge >= 0.3 is 0 Å². The number of rotatable bonds is 4. The molecule has 6 heteroatoms. The standard InChI is InChI=1S/C62H46F2N2O2/c1-61(2,3)55-51(35-17-15-19-37(63)33-35)57(65-45-25-11-7-23-43(45)53-47(65)31-29-41-39-21-9-13-27-49(39)67-59(41)53)52(36-18-16-20-38(64)34-36)56(62(4,5)6)58(55)66-46-26-12-8-24-44(46)54-48(66)32-30-42-40-22-10-14-28-50(40)68-60(42)54/h7-34H,1-6H3. The molecule has 0 bridgehead atoms. The Bertz CT molecular complexity index is 4170. The van der Waals surface area contributed by atoms with Crippen LogP contribution in [0.15, 0.2) is 179 Å². The molecule has 0 aliphatic carbocycles. The lowest BCUT2D eigenvalue weighted by molar-refractivity contribution is 0.565. The van der Waals surface area contributed by atoms with Gasteiger partial charge in [0, 0.05) is 43.4 Å². The maximum Gasteiger partial charge on any atom is 0.145 e. The largest absolute Gasteiger partial charge is 0.455 e. The Labute approximate surface area is 391 Å². The van der Waals surface area contributed by atoms with Crippen LogP contribution in [0.25, 0.3) is 121 Å². The molecule has 0 N–H and O–H groups in total. The van der Waals surface area contributed by atoms with Gasteiger partial charge in [0.15, 0.2) is 0 Å². The highest BCUT2D eigenvalue weighted by atomic mass is 19.1. The average Bonchev–Trinajstić information content (AvgIpc) is 4.07. The van der Waals surface area contributed by atoms with E-state index in [4.69, 9.17) is 8.83 Å². The Balaban J connectivity index is 1.33. The summed E-state index contributed by atoms with van der Waals surface area (Å²) in [5, 5.41) is 8.22. The van der Waals surface area contributed by atoms with Gasteiger partial charge in [-0.05, 0) is 106 Å². The number of fused-ring (bicyclic) bond motifs is 14. The van der Waals surface area contributed by atoms with E-state index in [0.717, 1.165) is 121 Å². The van der Waals surface area contributed by atoms with Crippen LogP contribution < -0.4 is 0 Å². The van der Waals surface area contributed by atoms with Gasteiger partial charge in [-0.25, -0.2) is 8.78 Å². The van der Waals surface area contributed by atoms with Gasteiger partial charge in [-0.2, -0.15) is 0 Å². The lowest BCUT2D eigenvalue weighted by Crippen LogP contribution is -2.26. The predicted octanol–water partition coefficient (Wildman–Crippen LogP) is 17.9. The Morgan fingerprint density at radius 2 is 0.765 bits per heavy atom. The van der Waals surface area contributed by atoms with Crippen molar-refractivity contribution in [2.45, 2.75) is 52.4 Å². The van der Waals surface area contributed by atoms with Crippen molar-refractivity contribution in [2.24, 2.45) is 0 Å². The molecule has 13 aromatic rings. The number of hydrogen-bond donors (Lipinski definition) is 0. The third-order valence-electron chi connectivity index (χ3n) is 14.0. The molecule has 0 saturated carbocycles. The zero-order valence-corrected chi connectivity index (χ0v) is 38.6. The number of nitrogens with zero attached hydrogens (tertiary/aromatic N) is 2. The summed E-state index contributed by atoms with van der Waals surface area (Å²) in [6.07, 6.45) is 0. The lowest BCUT2D eigenvalue weighted by Gasteiger charge is -2.38. The molecule has 330 valence electrons. The van der Waals surface area contributed by atoms with E-state index in [1.54, 1.807) is 24.3 Å². The second-order valence-electron chi connectivity index (χ2n) is 20.3. The molecule has 0 amide bonds. The van der Waals surface area contributed by atoms with Crippen LogP contribution in [0.2, 0.25) is 0 Å². The van der Waals surface area contributed by atoms with Gasteiger partial charge in [-0.3, -0.25) is 0 Å². The van der Waals surface area contributed by atoms with Gasteiger partial charge < -0.3 is 18.0 Å². The zero-order valence-electron chi connectivity index (χ0n) is 38.6. The van der Waals surface area contributed by atoms with E-state index in [2.05, 4.69) is 142 Å². The van der Waals surface area contributed by atoms with E-state index < -0.39 is 10.8 Å². The first-order valence-electron chi connectivity index (χ1n) is 23.3. The fraction of sp³-hybridized carbons (Fsp3) is 0.129. The van der Waals surface area contributed by atoms with Gasteiger partial charge in [0.25, 0.3) is 0 Å². The minimum absolute atomic E-state index is 0.350. The smallest absolute Gasteiger partial charge is 0.145 e. The van der Waals surface area contributed by atoms with Crippen molar-refractivity contribution in [3.05, 3.63) is 193 Å². The first-order chi connectivity index (χ1) is 32.9. The van der Waals surface area contributed by atoms with Crippen LogP contribution in [0.5, 0.6) is 0 Å². The minimum atomic E-state index is -0.571. The molecule has 0 spiro atoms. The van der Waals surface area contributed by atoms with Crippen LogP contribution in [-0.2, 0) is 10.8 Å². The second-order valence-corrected chi connectivity index (χ2v) is 20.3. The number of benzene rings is 9. The van der Waals surface area contributed by atoms with Crippen LogP contribution >= 0.6 is 0 Å². The summed E-state index contributed by atoms with van der Waals surface area (Å²) in [7, 11) is 0. The Morgan fingerprint density at radius 1 is 0.368 bits per heavy atom. The fourth-order valence-corrected chi connectivity index (χ4v) is 11.4. The lowest BCUT2D eigenvalue weighted by atomic mass is 9.71. The summed E-state index contributed by atoms with van der Waals surface area (Å²) < 4.78 is 50.8. The molecule has 0 unspecified atom stereocenters. The van der Waals surface area contributed by atoms with Crippen LogP contribution in [0.1, 0.15) is 52.7 Å². The van der Waals surface area contributed by atoms with Crippen LogP contribution in [-0.4, -0.2) is 9.13 Å². The normalized spacial score (nSPS) is 12.7. The first kappa shape index (κ1) is 40.3. The molecular weight excluding hydrogens is 843 g/mol. The Morgan fingerprint density at radius 3 is 1.19 bits per heavy atom. The Hall–Kier alpha value is -7.96. The van der Waals surface area contributed by atoms with E-state index >= 15 is 8.78 Å². The molecule has 0 fully saturated rings. The van der Waals surface area contributed by atoms with Gasteiger partial charge in [0.2, 0.25) is 0 Å². The minimum Gasteiger partial charge on any atom is -0.455 e. The highest BCUT2D eigenvalue weighted by Gasteiger charge is 2.39. The van der Waals surface area contributed by atoms with E-state index in [9.17, 15) is 0 Å². The van der Waals surface area contributed by atoms with Gasteiger partial charge in [-0.15, -0.1) is 0 Å². The van der Waals surface area contributed by atoms with E-state index in [1.165, 1.54) is 12.1 Å². The van der Waals surface area contributed by atoms with Crippen LogP contribution in [0, 0.1) is 11.6 Å². The van der Waals surface area contributed by atoms with Crippen LogP contribution in [0.3, 0.4) is 0 Å². The highest BCUT2D eigenvalue weighted by molar-refractivity contribution is 6.26. The fourth-order valence-electron chi connectivity index (χ4n) is 11.4. The molecule has 4 nitrogen and oxygen atoms in total. The van der Waals surface area contributed by atoms with Crippen LogP contribution in [0.4, 0.5) is 8.78 Å². The number of furan rings is 2. The summed E-state index contributed by atoms with van der Waals surface area (Å²) in [5.41, 5.74) is 12.9. The van der Waals surface area contributed by atoms with Crippen molar-refractivity contribution < 1.29 is 17.6 Å². The predicted molar refractivity (Wildman–Crippen MR) is 278 cm³/mol. The molecule has 0 aliphatic heterocycles. The quantitative estimate of drug-likeness (QED) is 0.176. The SMILES string of the molecule is CC(C)(C)c1c(-c2cccc(F)c2)c(-n2c3ccccc3c3c4oc5ccccc5c4ccc32)c(-c2cccc(F)c2)c(C(C)(C)C)c1-n1c2ccccc2c2c3oc4ccccc4c3ccc21. The average molecular weight is 889 g/mol. The number of halogens is 2. The number of hydrogen-bond acceptors (Lipinski definition) is 2. The van der Waals surface area contributed by atoms with Gasteiger partial charge in [0.05, 0.1) is 44.2 Å². The topological polar surface area (TPSA) is 36.1 Å². The maximum absolute atomic E-state index is 16.2. The highest BCUT2D eigenvalue weighted by Crippen LogP contribution is 2.55. The summed E-state index contributed by atoms with van der Waals surface area (Å²) in [6, 6.07) is 56.0. The van der Waals surface area contributed by atoms with E-state index in [1.807, 2.05) is 42.5 Å². The van der Waals surface area contributed by atoms with Crippen molar-refractivity contribution in [2.75, 3.05) is 0 Å². The Kier molecular flexibility index (Phi) is 8.46. The van der Waals surface area contributed by atoms with E-state index in [-0.39, 0.29) is 11.6 Å². The van der Waals surface area contributed by atoms with Crippen molar-refractivity contribution in [3.8, 4) is 33.6 Å². The molecule has 0 radical (unpaired) electrons. The monoisotopic (exact) mass is 888 g/mol. The molecule has 13 rings (SSSR count). The van der Waals surface area contributed by atoms with E-state index in [0.29, 0.717) is 11.1 Å². The van der Waals surface area contributed by atoms with Gasteiger partial charge in [0.1, 0.15) is 34.0 Å². The van der Waals surface area contributed by atoms with Crippen molar-refractivity contribution in [1.29, 1.82) is 0 Å². The second kappa shape index (κ2) is 14.3. The third-order valence-corrected chi connectivity index (χ3v) is 14.0. The molecule has 4 aromatic heterocycles. The van der Waals surface area contributed by atoms with Crippen molar-refractivity contribution in [1.82, 2.24) is 9.13 Å². The molecular formula is C62H46F2N2O2. The van der Waals surface area contributed by atoms with Crippen molar-refractivity contribution >= 4 is 87.5 Å². The zero-order chi connectivity index (χ0) is 46.4. The maximum atomic E-state index is 16.2. The summed E-state index contributed by atoms with van der Waals surface area (Å²) in [5.74, 6) is -0.699. The number of aromatic nitrogens is 2. The first-order valence-corrected chi connectivity index (χ1v) is 23.3. The molecule has 9 aromatic carbocycles. The summed E-state index contributed by atoms with van der Waals surface area (Å²) in [6.45, 7) is 13.5. The molecule has 0 atom stereocenters. The third kappa shape index (κ3) is 5.70. The van der Waals surface area contributed by atoms with Crippen molar-refractivity contribution in [3.63, 3.8) is 0 Å². The summed E-state index contributed by atoms with van der Waals surface area (Å²) in [4.78, 5) is 0. The number of para-hydroxylation sites is 4. The molecule has 68 heavy (non-hydrogen) atoms.